The molecule has 0 bridgehead atoms. The molecule has 0 fully saturated rings. The van der Waals surface area contributed by atoms with Crippen LogP contribution in [0.15, 0.2) is 42.5 Å². The maximum absolute atomic E-state index is 13.2. The van der Waals surface area contributed by atoms with Gasteiger partial charge in [-0.25, -0.2) is 13.2 Å². The van der Waals surface area contributed by atoms with Crippen LogP contribution in [0.4, 0.5) is 13.2 Å². The number of rotatable bonds is 6. The van der Waals surface area contributed by atoms with Crippen LogP contribution >= 0.6 is 0 Å². The molecule has 0 radical (unpaired) electrons. The van der Waals surface area contributed by atoms with E-state index in [4.69, 9.17) is 5.11 Å². The van der Waals surface area contributed by atoms with Crippen LogP contribution in [0.5, 0.6) is 0 Å². The molecule has 2 aromatic carbocycles. The van der Waals surface area contributed by atoms with Crippen molar-refractivity contribution in [2.24, 2.45) is 0 Å². The molecule has 5 heteroatoms. The van der Waals surface area contributed by atoms with Gasteiger partial charge in [-0.1, -0.05) is 30.3 Å². The van der Waals surface area contributed by atoms with Crippen molar-refractivity contribution in [1.82, 2.24) is 4.90 Å². The van der Waals surface area contributed by atoms with Crippen LogP contribution in [0, 0.1) is 17.5 Å². The van der Waals surface area contributed by atoms with E-state index in [1.165, 1.54) is 0 Å². The standard InChI is InChI=1S/C16H16F3NO/c17-14-8-13(9-15(18)16(14)19)11-20(6-7-21)10-12-4-2-1-3-5-12/h1-5,8-9,21H,6-7,10-11H2. The van der Waals surface area contributed by atoms with Crippen molar-refractivity contribution in [1.29, 1.82) is 0 Å². The average Bonchev–Trinajstić information content (AvgIpc) is 2.46. The molecule has 0 aliphatic heterocycles. The van der Waals surface area contributed by atoms with Gasteiger partial charge in [0.1, 0.15) is 0 Å². The summed E-state index contributed by atoms with van der Waals surface area (Å²) in [4.78, 5) is 1.83. The van der Waals surface area contributed by atoms with E-state index in [1.807, 2.05) is 35.2 Å². The second-order valence-corrected chi connectivity index (χ2v) is 4.79. The van der Waals surface area contributed by atoms with E-state index in [2.05, 4.69) is 0 Å². The summed E-state index contributed by atoms with van der Waals surface area (Å²) in [6, 6.07) is 11.5. The molecule has 2 aromatic rings. The molecule has 0 heterocycles. The van der Waals surface area contributed by atoms with Gasteiger partial charge in [-0.05, 0) is 23.3 Å². The third-order valence-corrected chi connectivity index (χ3v) is 3.12. The Bertz CT molecular complexity index is 566. The Morgan fingerprint density at radius 2 is 1.43 bits per heavy atom. The maximum Gasteiger partial charge on any atom is 0.194 e. The van der Waals surface area contributed by atoms with Crippen LogP contribution in [-0.2, 0) is 13.1 Å². The van der Waals surface area contributed by atoms with Crippen molar-refractivity contribution in [3.63, 3.8) is 0 Å². The summed E-state index contributed by atoms with van der Waals surface area (Å²) in [6.45, 7) is 1.04. The largest absolute Gasteiger partial charge is 0.395 e. The Hall–Kier alpha value is -1.85. The second-order valence-electron chi connectivity index (χ2n) is 4.79. The van der Waals surface area contributed by atoms with Crippen LogP contribution in [0.2, 0.25) is 0 Å². The third kappa shape index (κ3) is 4.31. The molecule has 0 aliphatic rings. The zero-order chi connectivity index (χ0) is 15.2. The number of halogens is 3. The predicted molar refractivity (Wildman–Crippen MR) is 74.0 cm³/mol. The highest BCUT2D eigenvalue weighted by atomic mass is 19.2. The SMILES string of the molecule is OCCN(Cc1ccccc1)Cc1cc(F)c(F)c(F)c1. The molecular weight excluding hydrogens is 279 g/mol. The summed E-state index contributed by atoms with van der Waals surface area (Å²) in [5, 5.41) is 9.10. The van der Waals surface area contributed by atoms with E-state index in [0.717, 1.165) is 17.7 Å². The lowest BCUT2D eigenvalue weighted by atomic mass is 10.1. The molecule has 2 rings (SSSR count). The summed E-state index contributed by atoms with van der Waals surface area (Å²) >= 11 is 0. The van der Waals surface area contributed by atoms with E-state index in [0.29, 0.717) is 18.7 Å². The Balaban J connectivity index is 2.12. The van der Waals surface area contributed by atoms with E-state index < -0.39 is 17.5 Å². The van der Waals surface area contributed by atoms with E-state index in [1.54, 1.807) is 0 Å². The molecular formula is C16H16F3NO. The maximum atomic E-state index is 13.2. The van der Waals surface area contributed by atoms with Crippen LogP contribution < -0.4 is 0 Å². The molecule has 0 saturated heterocycles. The fraction of sp³-hybridized carbons (Fsp3) is 0.250. The Labute approximate surface area is 121 Å². The monoisotopic (exact) mass is 295 g/mol. The van der Waals surface area contributed by atoms with Crippen molar-refractivity contribution >= 4 is 0 Å². The summed E-state index contributed by atoms with van der Waals surface area (Å²) in [5.41, 5.74) is 1.35. The molecule has 0 atom stereocenters. The van der Waals surface area contributed by atoms with Crippen LogP contribution in [0.25, 0.3) is 0 Å². The minimum absolute atomic E-state index is 0.0704. The van der Waals surface area contributed by atoms with Crippen LogP contribution in [-0.4, -0.2) is 23.2 Å². The summed E-state index contributed by atoms with van der Waals surface area (Å²) in [5.74, 6) is -3.86. The average molecular weight is 295 g/mol. The van der Waals surface area contributed by atoms with Gasteiger partial charge in [-0.3, -0.25) is 4.90 Å². The van der Waals surface area contributed by atoms with E-state index in [9.17, 15) is 13.2 Å². The third-order valence-electron chi connectivity index (χ3n) is 3.12. The summed E-state index contributed by atoms with van der Waals surface area (Å²) in [6.07, 6.45) is 0. The molecule has 0 saturated carbocycles. The Kier molecular flexibility index (Phi) is 5.36. The van der Waals surface area contributed by atoms with Gasteiger partial charge in [0.2, 0.25) is 0 Å². The summed E-state index contributed by atoms with van der Waals surface area (Å²) in [7, 11) is 0. The Morgan fingerprint density at radius 1 is 0.857 bits per heavy atom. The van der Waals surface area contributed by atoms with E-state index >= 15 is 0 Å². The smallest absolute Gasteiger partial charge is 0.194 e. The van der Waals surface area contributed by atoms with Gasteiger partial charge in [-0.15, -0.1) is 0 Å². The quantitative estimate of drug-likeness (QED) is 0.828. The first-order valence-corrected chi connectivity index (χ1v) is 6.60. The van der Waals surface area contributed by atoms with Gasteiger partial charge in [0, 0.05) is 19.6 Å². The second kappa shape index (κ2) is 7.24. The minimum Gasteiger partial charge on any atom is -0.395 e. The van der Waals surface area contributed by atoms with Crippen LogP contribution in [0.1, 0.15) is 11.1 Å². The van der Waals surface area contributed by atoms with Crippen molar-refractivity contribution in [3.05, 3.63) is 71.0 Å². The molecule has 0 amide bonds. The lowest BCUT2D eigenvalue weighted by molar-refractivity contribution is 0.184. The summed E-state index contributed by atoms with van der Waals surface area (Å²) < 4.78 is 39.4. The molecule has 0 unspecified atom stereocenters. The zero-order valence-electron chi connectivity index (χ0n) is 11.4. The molecule has 1 N–H and O–H groups in total. The lowest BCUT2D eigenvalue weighted by Gasteiger charge is -2.21. The molecule has 21 heavy (non-hydrogen) atoms. The van der Waals surface area contributed by atoms with Gasteiger partial charge in [-0.2, -0.15) is 0 Å². The van der Waals surface area contributed by atoms with Gasteiger partial charge in [0.05, 0.1) is 6.61 Å². The highest BCUT2D eigenvalue weighted by Crippen LogP contribution is 2.16. The fourth-order valence-electron chi connectivity index (χ4n) is 2.15. The predicted octanol–water partition coefficient (Wildman–Crippen LogP) is 3.10. The van der Waals surface area contributed by atoms with Crippen molar-refractivity contribution in [2.75, 3.05) is 13.2 Å². The lowest BCUT2D eigenvalue weighted by Crippen LogP contribution is -2.26. The van der Waals surface area contributed by atoms with Crippen LogP contribution in [0.3, 0.4) is 0 Å². The number of benzene rings is 2. The first-order chi connectivity index (χ1) is 10.1. The molecule has 0 spiro atoms. The first-order valence-electron chi connectivity index (χ1n) is 6.60. The van der Waals surface area contributed by atoms with Gasteiger partial charge < -0.3 is 5.11 Å². The van der Waals surface area contributed by atoms with Gasteiger partial charge in [0.25, 0.3) is 0 Å². The molecule has 2 nitrogen and oxygen atoms in total. The zero-order valence-corrected chi connectivity index (χ0v) is 11.4. The van der Waals surface area contributed by atoms with Gasteiger partial charge >= 0.3 is 0 Å². The highest BCUT2D eigenvalue weighted by molar-refractivity contribution is 5.20. The Morgan fingerprint density at radius 3 is 2.00 bits per heavy atom. The number of aliphatic hydroxyl groups is 1. The first kappa shape index (κ1) is 15.5. The van der Waals surface area contributed by atoms with Crippen molar-refractivity contribution in [2.45, 2.75) is 13.1 Å². The van der Waals surface area contributed by atoms with E-state index in [-0.39, 0.29) is 13.2 Å². The van der Waals surface area contributed by atoms with Crippen molar-refractivity contribution in [3.8, 4) is 0 Å². The van der Waals surface area contributed by atoms with Gasteiger partial charge in [0.15, 0.2) is 17.5 Å². The fourth-order valence-corrected chi connectivity index (χ4v) is 2.15. The number of hydrogen-bond donors (Lipinski definition) is 1. The minimum atomic E-state index is -1.46. The molecule has 112 valence electrons. The normalized spacial score (nSPS) is 11.1. The number of aliphatic hydroxyl groups excluding tert-OH is 1. The topological polar surface area (TPSA) is 23.5 Å². The number of hydrogen-bond acceptors (Lipinski definition) is 2. The number of nitrogens with zero attached hydrogens (tertiary/aromatic N) is 1. The molecule has 0 aromatic heterocycles. The molecule has 0 aliphatic carbocycles. The highest BCUT2D eigenvalue weighted by Gasteiger charge is 2.13. The van der Waals surface area contributed by atoms with Crippen molar-refractivity contribution < 1.29 is 18.3 Å².